The van der Waals surface area contributed by atoms with Crippen LogP contribution in [0.4, 0.5) is 0 Å². The zero-order valence-corrected chi connectivity index (χ0v) is 9.34. The molecule has 4 heteroatoms. The van der Waals surface area contributed by atoms with Gasteiger partial charge in [-0.05, 0) is 6.07 Å². The Kier molecular flexibility index (Phi) is 2.34. The first kappa shape index (κ1) is 10.5. The second kappa shape index (κ2) is 4.00. The van der Waals surface area contributed by atoms with E-state index in [2.05, 4.69) is 4.98 Å². The average Bonchev–Trinajstić information content (AvgIpc) is 2.39. The van der Waals surface area contributed by atoms with Gasteiger partial charge in [0.15, 0.2) is 5.43 Å². The number of fused-ring (bicyclic) bond motifs is 1. The van der Waals surface area contributed by atoms with Crippen LogP contribution < -0.4 is 11.0 Å². The van der Waals surface area contributed by atoms with Gasteiger partial charge in [-0.3, -0.25) is 9.59 Å². The highest BCUT2D eigenvalue weighted by molar-refractivity contribution is 5.77. The third-order valence-electron chi connectivity index (χ3n) is 2.71. The molecule has 0 aliphatic carbocycles. The van der Waals surface area contributed by atoms with Crippen molar-refractivity contribution in [1.82, 2.24) is 4.98 Å². The van der Waals surface area contributed by atoms with Gasteiger partial charge in [0.2, 0.25) is 0 Å². The summed E-state index contributed by atoms with van der Waals surface area (Å²) >= 11 is 0. The predicted molar refractivity (Wildman–Crippen MR) is 68.5 cm³/mol. The van der Waals surface area contributed by atoms with Crippen LogP contribution in [0.15, 0.2) is 62.7 Å². The van der Waals surface area contributed by atoms with E-state index in [-0.39, 0.29) is 10.8 Å². The average molecular weight is 239 g/mol. The Morgan fingerprint density at radius 2 is 1.78 bits per heavy atom. The molecule has 0 aliphatic rings. The number of aromatic amines is 1. The lowest BCUT2D eigenvalue weighted by molar-refractivity contribution is 0.618. The molecule has 88 valence electrons. The van der Waals surface area contributed by atoms with Crippen molar-refractivity contribution in [3.05, 3.63) is 69.2 Å². The first-order valence-corrected chi connectivity index (χ1v) is 5.47. The van der Waals surface area contributed by atoms with Crippen LogP contribution in [0.3, 0.4) is 0 Å². The maximum Gasteiger partial charge on any atom is 0.262 e. The second-order valence-electron chi connectivity index (χ2n) is 3.89. The molecule has 2 heterocycles. The van der Waals surface area contributed by atoms with Crippen molar-refractivity contribution < 1.29 is 4.42 Å². The van der Waals surface area contributed by atoms with Crippen molar-refractivity contribution in [1.29, 1.82) is 0 Å². The van der Waals surface area contributed by atoms with Crippen LogP contribution in [0.25, 0.3) is 22.3 Å². The number of rotatable bonds is 1. The molecule has 0 saturated carbocycles. The Morgan fingerprint density at radius 3 is 2.56 bits per heavy atom. The molecule has 0 bridgehead atoms. The summed E-state index contributed by atoms with van der Waals surface area (Å²) in [6, 6.07) is 12.2. The molecular weight excluding hydrogens is 230 g/mol. The van der Waals surface area contributed by atoms with Gasteiger partial charge in [0, 0.05) is 17.8 Å². The quantitative estimate of drug-likeness (QED) is 0.707. The number of pyridine rings is 1. The summed E-state index contributed by atoms with van der Waals surface area (Å²) in [4.78, 5) is 25.9. The molecule has 0 spiro atoms. The molecule has 18 heavy (non-hydrogen) atoms. The van der Waals surface area contributed by atoms with E-state index in [1.807, 2.05) is 30.3 Å². The van der Waals surface area contributed by atoms with E-state index in [9.17, 15) is 9.59 Å². The van der Waals surface area contributed by atoms with Crippen LogP contribution in [-0.2, 0) is 0 Å². The van der Waals surface area contributed by atoms with Crippen molar-refractivity contribution in [3.63, 3.8) is 0 Å². The SMILES string of the molecule is O=c1cc(-c2ccccc2)oc2cc[nH]c(=O)c12. The monoisotopic (exact) mass is 239 g/mol. The second-order valence-corrected chi connectivity index (χ2v) is 3.89. The Balaban J connectivity index is 2.36. The van der Waals surface area contributed by atoms with E-state index in [0.717, 1.165) is 5.56 Å². The fourth-order valence-electron chi connectivity index (χ4n) is 1.86. The Hall–Kier alpha value is -2.62. The lowest BCUT2D eigenvalue weighted by Gasteiger charge is -2.01. The predicted octanol–water partition coefficient (Wildman–Crippen LogP) is 2.15. The van der Waals surface area contributed by atoms with Gasteiger partial charge >= 0.3 is 0 Å². The van der Waals surface area contributed by atoms with Crippen LogP contribution in [-0.4, -0.2) is 4.98 Å². The number of benzene rings is 1. The fourth-order valence-corrected chi connectivity index (χ4v) is 1.86. The molecule has 0 atom stereocenters. The summed E-state index contributed by atoms with van der Waals surface area (Å²) in [6.45, 7) is 0. The van der Waals surface area contributed by atoms with Gasteiger partial charge in [-0.25, -0.2) is 0 Å². The van der Waals surface area contributed by atoms with Crippen molar-refractivity contribution in [2.45, 2.75) is 0 Å². The minimum Gasteiger partial charge on any atom is -0.456 e. The molecule has 0 amide bonds. The molecule has 2 aromatic heterocycles. The third-order valence-corrected chi connectivity index (χ3v) is 2.71. The van der Waals surface area contributed by atoms with Gasteiger partial charge in [-0.2, -0.15) is 0 Å². The van der Waals surface area contributed by atoms with Crippen molar-refractivity contribution in [2.24, 2.45) is 0 Å². The zero-order valence-electron chi connectivity index (χ0n) is 9.34. The molecule has 0 saturated heterocycles. The summed E-state index contributed by atoms with van der Waals surface area (Å²) < 4.78 is 5.59. The number of hydrogen-bond donors (Lipinski definition) is 1. The van der Waals surface area contributed by atoms with Crippen LogP contribution in [0, 0.1) is 0 Å². The molecule has 1 aromatic carbocycles. The van der Waals surface area contributed by atoms with Gasteiger partial charge in [0.1, 0.15) is 16.7 Å². The molecule has 4 nitrogen and oxygen atoms in total. The number of hydrogen-bond acceptors (Lipinski definition) is 3. The van der Waals surface area contributed by atoms with Crippen molar-refractivity contribution >= 4 is 11.0 Å². The summed E-state index contributed by atoms with van der Waals surface area (Å²) in [5.74, 6) is 0.457. The first-order valence-electron chi connectivity index (χ1n) is 5.47. The summed E-state index contributed by atoms with van der Waals surface area (Å²) in [5, 5.41) is 0.0529. The van der Waals surface area contributed by atoms with E-state index in [4.69, 9.17) is 4.42 Å². The number of nitrogens with one attached hydrogen (secondary N) is 1. The van der Waals surface area contributed by atoms with Crippen LogP contribution >= 0.6 is 0 Å². The topological polar surface area (TPSA) is 63.1 Å². The summed E-state index contributed by atoms with van der Waals surface area (Å²) in [7, 11) is 0. The standard InChI is InChI=1S/C14H9NO3/c16-10-8-12(9-4-2-1-3-5-9)18-11-6-7-15-14(17)13(10)11/h1-8H,(H,15,17). The van der Waals surface area contributed by atoms with Gasteiger partial charge in [-0.15, -0.1) is 0 Å². The molecule has 3 rings (SSSR count). The molecule has 0 aliphatic heterocycles. The first-order chi connectivity index (χ1) is 8.75. The van der Waals surface area contributed by atoms with E-state index in [1.54, 1.807) is 6.07 Å². The lowest BCUT2D eigenvalue weighted by Crippen LogP contribution is -2.14. The molecule has 0 radical (unpaired) electrons. The molecule has 3 aromatic rings. The van der Waals surface area contributed by atoms with Crippen LogP contribution in [0.1, 0.15) is 0 Å². The fraction of sp³-hybridized carbons (Fsp3) is 0. The van der Waals surface area contributed by atoms with Crippen molar-refractivity contribution in [3.8, 4) is 11.3 Å². The molecule has 0 unspecified atom stereocenters. The Labute approximate surface area is 102 Å². The summed E-state index contributed by atoms with van der Waals surface area (Å²) in [6.07, 6.45) is 1.46. The van der Waals surface area contributed by atoms with E-state index in [1.165, 1.54) is 12.3 Å². The highest BCUT2D eigenvalue weighted by Gasteiger charge is 2.08. The minimum absolute atomic E-state index is 0.0529. The Bertz CT molecular complexity index is 816. The normalized spacial score (nSPS) is 10.7. The third kappa shape index (κ3) is 1.64. The van der Waals surface area contributed by atoms with E-state index < -0.39 is 5.56 Å². The maximum atomic E-state index is 11.9. The molecular formula is C14H9NO3. The zero-order chi connectivity index (χ0) is 12.5. The Morgan fingerprint density at radius 1 is 1.00 bits per heavy atom. The van der Waals surface area contributed by atoms with Gasteiger partial charge in [0.05, 0.1) is 0 Å². The van der Waals surface area contributed by atoms with E-state index in [0.29, 0.717) is 11.3 Å². The van der Waals surface area contributed by atoms with Gasteiger partial charge in [-0.1, -0.05) is 30.3 Å². The molecule has 1 N–H and O–H groups in total. The van der Waals surface area contributed by atoms with Crippen LogP contribution in [0.5, 0.6) is 0 Å². The largest absolute Gasteiger partial charge is 0.456 e. The smallest absolute Gasteiger partial charge is 0.262 e. The van der Waals surface area contributed by atoms with Crippen molar-refractivity contribution in [2.75, 3.05) is 0 Å². The number of H-pyrrole nitrogens is 1. The highest BCUT2D eigenvalue weighted by atomic mass is 16.3. The minimum atomic E-state index is -0.430. The van der Waals surface area contributed by atoms with Gasteiger partial charge < -0.3 is 9.40 Å². The highest BCUT2D eigenvalue weighted by Crippen LogP contribution is 2.19. The van der Waals surface area contributed by atoms with E-state index >= 15 is 0 Å². The van der Waals surface area contributed by atoms with Crippen LogP contribution in [0.2, 0.25) is 0 Å². The van der Waals surface area contributed by atoms with Gasteiger partial charge in [0.25, 0.3) is 5.56 Å². The lowest BCUT2D eigenvalue weighted by atomic mass is 10.1. The number of aromatic nitrogens is 1. The molecule has 0 fully saturated rings. The maximum absolute atomic E-state index is 11.9. The summed E-state index contributed by atoms with van der Waals surface area (Å²) in [5.41, 5.74) is 0.333.